The number of hydrogen-bond acceptors (Lipinski definition) is 10. The molecule has 0 aliphatic heterocycles. The summed E-state index contributed by atoms with van der Waals surface area (Å²) in [6.45, 7) is 1.60. The van der Waals surface area contributed by atoms with Crippen molar-refractivity contribution in [1.82, 2.24) is 4.57 Å². The number of thiazole rings is 1. The topological polar surface area (TPSA) is 149 Å². The van der Waals surface area contributed by atoms with E-state index in [0.717, 1.165) is 17.4 Å². The van der Waals surface area contributed by atoms with Crippen molar-refractivity contribution in [3.8, 4) is 11.5 Å². The van der Waals surface area contributed by atoms with Gasteiger partial charge in [-0.15, -0.1) is 0 Å². The first kappa shape index (κ1) is 25.4. The number of ether oxygens (including phenoxy) is 4. The normalized spacial score (nSPS) is 11.3. The van der Waals surface area contributed by atoms with E-state index in [4.69, 9.17) is 18.9 Å². The Labute approximate surface area is 202 Å². The zero-order valence-corrected chi connectivity index (χ0v) is 20.0. The van der Waals surface area contributed by atoms with Crippen LogP contribution in [0.3, 0.4) is 0 Å². The van der Waals surface area contributed by atoms with Crippen LogP contribution in [0.2, 0.25) is 0 Å². The van der Waals surface area contributed by atoms with E-state index < -0.39 is 28.5 Å². The summed E-state index contributed by atoms with van der Waals surface area (Å²) in [7, 11) is 3.85. The molecule has 1 heterocycles. The van der Waals surface area contributed by atoms with Gasteiger partial charge in [0.2, 0.25) is 0 Å². The second-order valence-corrected chi connectivity index (χ2v) is 7.86. The van der Waals surface area contributed by atoms with Crippen LogP contribution in [0.1, 0.15) is 27.6 Å². The van der Waals surface area contributed by atoms with Gasteiger partial charge in [0.25, 0.3) is 11.6 Å². The van der Waals surface area contributed by atoms with Crippen LogP contribution in [0.25, 0.3) is 10.2 Å². The van der Waals surface area contributed by atoms with Gasteiger partial charge in [0, 0.05) is 6.07 Å². The molecule has 184 valence electrons. The van der Waals surface area contributed by atoms with Gasteiger partial charge in [-0.2, -0.15) is 4.99 Å². The van der Waals surface area contributed by atoms with Gasteiger partial charge in [-0.25, -0.2) is 4.79 Å². The van der Waals surface area contributed by atoms with Gasteiger partial charge >= 0.3 is 11.9 Å². The number of rotatable bonds is 8. The Hall–Kier alpha value is -4.26. The van der Waals surface area contributed by atoms with Crippen molar-refractivity contribution in [3.05, 3.63) is 56.4 Å². The van der Waals surface area contributed by atoms with Crippen molar-refractivity contribution >= 4 is 45.1 Å². The molecule has 12 nitrogen and oxygen atoms in total. The highest BCUT2D eigenvalue weighted by atomic mass is 32.1. The molecular formula is C22H21N3O9S. The Morgan fingerprint density at radius 2 is 1.77 bits per heavy atom. The highest BCUT2D eigenvalue weighted by Gasteiger charge is 2.25. The minimum atomic E-state index is -0.937. The fraction of sp³-hybridized carbons (Fsp3) is 0.273. The third-order valence-electron chi connectivity index (χ3n) is 4.83. The minimum absolute atomic E-state index is 0.0699. The van der Waals surface area contributed by atoms with Gasteiger partial charge in [-0.05, 0) is 25.1 Å². The Balaban J connectivity index is 2.21. The van der Waals surface area contributed by atoms with Crippen LogP contribution in [0, 0.1) is 10.1 Å². The Bertz CT molecular complexity index is 1390. The summed E-state index contributed by atoms with van der Waals surface area (Å²) >= 11 is 1.02. The fourth-order valence-corrected chi connectivity index (χ4v) is 4.25. The smallest absolute Gasteiger partial charge is 0.338 e. The average Bonchev–Trinajstić information content (AvgIpc) is 3.18. The van der Waals surface area contributed by atoms with E-state index in [0.29, 0.717) is 10.2 Å². The molecule has 0 aliphatic carbocycles. The van der Waals surface area contributed by atoms with Crippen LogP contribution < -0.4 is 14.3 Å². The first-order valence-electron chi connectivity index (χ1n) is 10.1. The van der Waals surface area contributed by atoms with Crippen LogP contribution in [0.4, 0.5) is 5.69 Å². The Morgan fingerprint density at radius 3 is 2.37 bits per heavy atom. The predicted octanol–water partition coefficient (Wildman–Crippen LogP) is 2.72. The van der Waals surface area contributed by atoms with Gasteiger partial charge in [-0.3, -0.25) is 19.7 Å². The molecule has 0 saturated carbocycles. The maximum absolute atomic E-state index is 13.1. The highest BCUT2D eigenvalue weighted by Crippen LogP contribution is 2.34. The lowest BCUT2D eigenvalue weighted by Crippen LogP contribution is -2.22. The largest absolute Gasteiger partial charge is 0.493 e. The van der Waals surface area contributed by atoms with Gasteiger partial charge in [0.15, 0.2) is 16.3 Å². The van der Waals surface area contributed by atoms with Crippen molar-refractivity contribution in [3.63, 3.8) is 0 Å². The maximum atomic E-state index is 13.1. The molecule has 0 radical (unpaired) electrons. The van der Waals surface area contributed by atoms with E-state index in [1.165, 1.54) is 38.0 Å². The second kappa shape index (κ2) is 10.8. The number of carbonyl (C=O) groups excluding carboxylic acids is 3. The monoisotopic (exact) mass is 503 g/mol. The first-order valence-corrected chi connectivity index (χ1v) is 10.9. The number of nitro groups is 1. The maximum Gasteiger partial charge on any atom is 0.338 e. The number of methoxy groups -OCH3 is 3. The lowest BCUT2D eigenvalue weighted by atomic mass is 10.1. The van der Waals surface area contributed by atoms with Crippen molar-refractivity contribution in [2.75, 3.05) is 27.9 Å². The number of hydrogen-bond donors (Lipinski definition) is 0. The van der Waals surface area contributed by atoms with Crippen molar-refractivity contribution in [1.29, 1.82) is 0 Å². The molecule has 0 aliphatic rings. The number of amides is 1. The molecule has 3 aromatic rings. The number of esters is 2. The molecule has 0 atom stereocenters. The SMILES string of the molecule is CCOC(=O)c1ccc2c(c1)sc(=NC(=O)c1cc(OC)c(OC)cc1[N+](=O)[O-])n2CC(=O)OC. The first-order chi connectivity index (χ1) is 16.7. The minimum Gasteiger partial charge on any atom is -0.493 e. The average molecular weight is 503 g/mol. The van der Waals surface area contributed by atoms with Crippen molar-refractivity contribution in [2.24, 2.45) is 4.99 Å². The molecule has 0 fully saturated rings. The Morgan fingerprint density at radius 1 is 1.09 bits per heavy atom. The van der Waals surface area contributed by atoms with Crippen LogP contribution in [-0.2, 0) is 20.8 Å². The number of aromatic nitrogens is 1. The number of fused-ring (bicyclic) bond motifs is 1. The number of benzene rings is 2. The molecular weight excluding hydrogens is 482 g/mol. The van der Waals surface area contributed by atoms with E-state index in [-0.39, 0.29) is 40.6 Å². The van der Waals surface area contributed by atoms with Gasteiger partial charge in [-0.1, -0.05) is 11.3 Å². The fourth-order valence-electron chi connectivity index (χ4n) is 3.18. The summed E-state index contributed by atoms with van der Waals surface area (Å²) in [5.41, 5.74) is -0.0791. The summed E-state index contributed by atoms with van der Waals surface area (Å²) in [6.07, 6.45) is 0. The molecule has 35 heavy (non-hydrogen) atoms. The summed E-state index contributed by atoms with van der Waals surface area (Å²) in [5.74, 6) is -1.89. The highest BCUT2D eigenvalue weighted by molar-refractivity contribution is 7.16. The van der Waals surface area contributed by atoms with Gasteiger partial charge in [0.1, 0.15) is 12.1 Å². The molecule has 1 aromatic heterocycles. The van der Waals surface area contributed by atoms with Crippen molar-refractivity contribution < 1.29 is 38.3 Å². The van der Waals surface area contributed by atoms with Gasteiger partial charge in [0.05, 0.1) is 54.7 Å². The zero-order valence-electron chi connectivity index (χ0n) is 19.2. The third kappa shape index (κ3) is 5.30. The molecule has 0 unspecified atom stereocenters. The van der Waals surface area contributed by atoms with E-state index in [2.05, 4.69) is 4.99 Å². The quantitative estimate of drug-likeness (QED) is 0.257. The Kier molecular flexibility index (Phi) is 7.81. The van der Waals surface area contributed by atoms with E-state index in [1.54, 1.807) is 19.1 Å². The van der Waals surface area contributed by atoms with Crippen LogP contribution in [-0.4, -0.2) is 55.3 Å². The number of nitrogens with zero attached hydrogens (tertiary/aromatic N) is 3. The molecule has 0 bridgehead atoms. The number of nitro benzene ring substituents is 1. The molecule has 1 amide bonds. The molecule has 3 rings (SSSR count). The standard InChI is InChI=1S/C22H21N3O9S/c1-5-34-21(28)12-6-7-14-18(8-12)35-22(24(14)11-19(26)33-4)23-20(27)13-9-16(31-2)17(32-3)10-15(13)25(29)30/h6-10H,5,11H2,1-4H3. The molecule has 2 aromatic carbocycles. The van der Waals surface area contributed by atoms with Crippen LogP contribution in [0.5, 0.6) is 11.5 Å². The van der Waals surface area contributed by atoms with E-state index in [9.17, 15) is 24.5 Å². The van der Waals surface area contributed by atoms with Crippen molar-refractivity contribution in [2.45, 2.75) is 13.5 Å². The summed E-state index contributed by atoms with van der Waals surface area (Å²) in [6, 6.07) is 6.89. The third-order valence-corrected chi connectivity index (χ3v) is 5.88. The molecule has 0 N–H and O–H groups in total. The molecule has 13 heteroatoms. The van der Waals surface area contributed by atoms with E-state index >= 15 is 0 Å². The summed E-state index contributed by atoms with van der Waals surface area (Å²) < 4.78 is 22.0. The second-order valence-electron chi connectivity index (χ2n) is 6.85. The zero-order chi connectivity index (χ0) is 25.7. The predicted molar refractivity (Wildman–Crippen MR) is 124 cm³/mol. The molecule has 0 spiro atoms. The van der Waals surface area contributed by atoms with E-state index in [1.807, 2.05) is 0 Å². The number of carbonyl (C=O) groups is 3. The van der Waals surface area contributed by atoms with Crippen LogP contribution >= 0.6 is 11.3 Å². The summed E-state index contributed by atoms with van der Waals surface area (Å²) in [4.78, 5) is 52.2. The van der Waals surface area contributed by atoms with Crippen LogP contribution in [0.15, 0.2) is 35.3 Å². The summed E-state index contributed by atoms with van der Waals surface area (Å²) in [5, 5.41) is 11.6. The molecule has 0 saturated heterocycles. The lowest BCUT2D eigenvalue weighted by molar-refractivity contribution is -0.385. The lowest BCUT2D eigenvalue weighted by Gasteiger charge is -2.09. The van der Waals surface area contributed by atoms with Gasteiger partial charge < -0.3 is 23.5 Å².